The number of hydrogen-bond acceptors (Lipinski definition) is 3. The van der Waals surface area contributed by atoms with Crippen LogP contribution < -0.4 is 10.6 Å². The number of nitrogens with zero attached hydrogens (tertiary/aromatic N) is 1. The maximum absolute atomic E-state index is 13.7. The molecule has 2 atom stereocenters. The Hall–Kier alpha value is -1.73. The zero-order valence-electron chi connectivity index (χ0n) is 15.9. The number of nitrogens with one attached hydrogen (secondary N) is 2. The van der Waals surface area contributed by atoms with E-state index in [0.29, 0.717) is 19.6 Å². The second kappa shape index (κ2) is 10.7. The second-order valence-corrected chi connectivity index (χ2v) is 7.46. The first-order valence-corrected chi connectivity index (χ1v) is 9.76. The van der Waals surface area contributed by atoms with Crippen molar-refractivity contribution >= 4 is 24.2 Å². The monoisotopic (exact) mass is 415 g/mol. The predicted molar refractivity (Wildman–Crippen MR) is 105 cm³/mol. The van der Waals surface area contributed by atoms with Gasteiger partial charge in [-0.3, -0.25) is 9.59 Å². The van der Waals surface area contributed by atoms with E-state index in [9.17, 15) is 18.4 Å². The lowest BCUT2D eigenvalue weighted by molar-refractivity contribution is -0.132. The van der Waals surface area contributed by atoms with Crippen LogP contribution in [0, 0.1) is 17.6 Å². The molecule has 2 amide bonds. The fourth-order valence-corrected chi connectivity index (χ4v) is 3.88. The van der Waals surface area contributed by atoms with Crippen molar-refractivity contribution in [3.8, 4) is 0 Å². The minimum absolute atomic E-state index is 0. The third-order valence-electron chi connectivity index (χ3n) is 5.45. The molecule has 156 valence electrons. The number of rotatable bonds is 6. The summed E-state index contributed by atoms with van der Waals surface area (Å²) in [5.74, 6) is -1.53. The number of carbonyl (C=O) groups excluding carboxylic acids is 2. The maximum Gasteiger partial charge on any atom is 0.237 e. The number of piperidine rings is 1. The standard InChI is InChI=1S/C20H27F2N3O2.ClH/c21-16-6-1-5-15(19(16)22)8-9-18(26)25-11-3-4-14(13-25)12-24-20(27)17-7-2-10-23-17;/h1,5-6,14,17,23H,2-4,7-13H2,(H,24,27);1H. The van der Waals surface area contributed by atoms with Gasteiger partial charge in [0.05, 0.1) is 6.04 Å². The number of amides is 2. The Labute approximate surface area is 170 Å². The molecule has 1 aromatic carbocycles. The first kappa shape index (κ1) is 22.6. The van der Waals surface area contributed by atoms with Crippen molar-refractivity contribution in [1.82, 2.24) is 15.5 Å². The fraction of sp³-hybridized carbons (Fsp3) is 0.600. The van der Waals surface area contributed by atoms with Crippen LogP contribution in [0.25, 0.3) is 0 Å². The van der Waals surface area contributed by atoms with Gasteiger partial charge in [-0.15, -0.1) is 12.4 Å². The van der Waals surface area contributed by atoms with Crippen molar-refractivity contribution in [2.24, 2.45) is 5.92 Å². The van der Waals surface area contributed by atoms with Crippen LogP contribution in [0.1, 0.15) is 37.7 Å². The fourth-order valence-electron chi connectivity index (χ4n) is 3.88. The van der Waals surface area contributed by atoms with Crippen molar-refractivity contribution < 1.29 is 18.4 Å². The molecular formula is C20H28ClF2N3O2. The second-order valence-electron chi connectivity index (χ2n) is 7.46. The molecule has 8 heteroatoms. The van der Waals surface area contributed by atoms with Crippen molar-refractivity contribution in [3.05, 3.63) is 35.4 Å². The topological polar surface area (TPSA) is 61.4 Å². The van der Waals surface area contributed by atoms with Gasteiger partial charge in [0.1, 0.15) is 0 Å². The molecule has 0 aliphatic carbocycles. The van der Waals surface area contributed by atoms with Gasteiger partial charge in [0, 0.05) is 26.1 Å². The van der Waals surface area contributed by atoms with Gasteiger partial charge < -0.3 is 15.5 Å². The molecule has 2 fully saturated rings. The minimum Gasteiger partial charge on any atom is -0.354 e. The summed E-state index contributed by atoms with van der Waals surface area (Å²) < 4.78 is 27.0. The van der Waals surface area contributed by atoms with Crippen LogP contribution in [0.15, 0.2) is 18.2 Å². The van der Waals surface area contributed by atoms with E-state index in [-0.39, 0.29) is 54.6 Å². The van der Waals surface area contributed by atoms with E-state index >= 15 is 0 Å². The van der Waals surface area contributed by atoms with E-state index in [1.54, 1.807) is 4.90 Å². The molecule has 0 spiro atoms. The van der Waals surface area contributed by atoms with Crippen LogP contribution in [0.5, 0.6) is 0 Å². The minimum atomic E-state index is -0.884. The first-order valence-electron chi connectivity index (χ1n) is 9.76. The van der Waals surface area contributed by atoms with Gasteiger partial charge >= 0.3 is 0 Å². The van der Waals surface area contributed by atoms with Crippen LogP contribution in [-0.2, 0) is 16.0 Å². The molecule has 28 heavy (non-hydrogen) atoms. The molecule has 2 aliphatic heterocycles. The number of hydrogen-bond donors (Lipinski definition) is 2. The van der Waals surface area contributed by atoms with Crippen molar-refractivity contribution in [3.63, 3.8) is 0 Å². The lowest BCUT2D eigenvalue weighted by Crippen LogP contribution is -2.46. The molecule has 3 rings (SSSR count). The number of likely N-dealkylation sites (tertiary alicyclic amines) is 1. The molecular weight excluding hydrogens is 388 g/mol. The number of aryl methyl sites for hydroxylation is 1. The van der Waals surface area contributed by atoms with Gasteiger partial charge in [-0.25, -0.2) is 8.78 Å². The Morgan fingerprint density at radius 2 is 2.04 bits per heavy atom. The molecule has 0 saturated carbocycles. The summed E-state index contributed by atoms with van der Waals surface area (Å²) in [5.41, 5.74) is 0.230. The van der Waals surface area contributed by atoms with Crippen LogP contribution in [0.3, 0.4) is 0 Å². The Morgan fingerprint density at radius 3 is 2.79 bits per heavy atom. The molecule has 2 N–H and O–H groups in total. The maximum atomic E-state index is 13.7. The highest BCUT2D eigenvalue weighted by molar-refractivity contribution is 5.85. The first-order chi connectivity index (χ1) is 13.0. The highest BCUT2D eigenvalue weighted by Gasteiger charge is 2.26. The van der Waals surface area contributed by atoms with E-state index in [2.05, 4.69) is 10.6 Å². The summed E-state index contributed by atoms with van der Waals surface area (Å²) in [6.45, 7) is 2.73. The Morgan fingerprint density at radius 1 is 1.21 bits per heavy atom. The van der Waals surface area contributed by atoms with Crippen molar-refractivity contribution in [2.75, 3.05) is 26.2 Å². The SMILES string of the molecule is Cl.O=C(NCC1CCCN(C(=O)CCc2cccc(F)c2F)C1)C1CCCN1. The van der Waals surface area contributed by atoms with Gasteiger partial charge in [0.25, 0.3) is 0 Å². The lowest BCUT2D eigenvalue weighted by Gasteiger charge is -2.33. The number of halogens is 3. The van der Waals surface area contributed by atoms with E-state index in [0.717, 1.165) is 38.3 Å². The smallest absolute Gasteiger partial charge is 0.237 e. The Balaban J connectivity index is 0.00000280. The van der Waals surface area contributed by atoms with Gasteiger partial charge in [0.15, 0.2) is 11.6 Å². The summed E-state index contributed by atoms with van der Waals surface area (Å²) in [4.78, 5) is 26.4. The third kappa shape index (κ3) is 5.88. The van der Waals surface area contributed by atoms with E-state index in [1.165, 1.54) is 12.1 Å². The number of carbonyl (C=O) groups is 2. The van der Waals surface area contributed by atoms with Crippen LogP contribution in [0.4, 0.5) is 8.78 Å². The molecule has 0 aromatic heterocycles. The largest absolute Gasteiger partial charge is 0.354 e. The van der Waals surface area contributed by atoms with Crippen molar-refractivity contribution in [1.29, 1.82) is 0 Å². The summed E-state index contributed by atoms with van der Waals surface area (Å²) in [6, 6.07) is 3.95. The molecule has 5 nitrogen and oxygen atoms in total. The molecule has 1 aromatic rings. The van der Waals surface area contributed by atoms with Crippen molar-refractivity contribution in [2.45, 2.75) is 44.6 Å². The highest BCUT2D eigenvalue weighted by atomic mass is 35.5. The van der Waals surface area contributed by atoms with Crippen LogP contribution >= 0.6 is 12.4 Å². The lowest BCUT2D eigenvalue weighted by atomic mass is 9.97. The summed E-state index contributed by atoms with van der Waals surface area (Å²) in [5, 5.41) is 6.17. The predicted octanol–water partition coefficient (Wildman–Crippen LogP) is 2.43. The molecule has 0 radical (unpaired) electrons. The zero-order chi connectivity index (χ0) is 19.2. The van der Waals surface area contributed by atoms with Crippen LogP contribution in [-0.4, -0.2) is 48.9 Å². The van der Waals surface area contributed by atoms with E-state index in [4.69, 9.17) is 0 Å². The third-order valence-corrected chi connectivity index (χ3v) is 5.45. The molecule has 0 bridgehead atoms. The summed E-state index contributed by atoms with van der Waals surface area (Å²) in [7, 11) is 0. The van der Waals surface area contributed by atoms with E-state index in [1.807, 2.05) is 0 Å². The Bertz CT molecular complexity index is 683. The van der Waals surface area contributed by atoms with E-state index < -0.39 is 11.6 Å². The Kier molecular flexibility index (Phi) is 8.63. The van der Waals surface area contributed by atoms with Gasteiger partial charge in [0.2, 0.25) is 11.8 Å². The molecule has 2 aliphatic rings. The molecule has 2 heterocycles. The quantitative estimate of drug-likeness (QED) is 0.750. The average Bonchev–Trinajstić information content (AvgIpc) is 3.22. The number of benzene rings is 1. The average molecular weight is 416 g/mol. The summed E-state index contributed by atoms with van der Waals surface area (Å²) >= 11 is 0. The highest BCUT2D eigenvalue weighted by Crippen LogP contribution is 2.19. The van der Waals surface area contributed by atoms with Gasteiger partial charge in [-0.2, -0.15) is 0 Å². The summed E-state index contributed by atoms with van der Waals surface area (Å²) in [6.07, 6.45) is 4.11. The van der Waals surface area contributed by atoms with Crippen LogP contribution in [0.2, 0.25) is 0 Å². The van der Waals surface area contributed by atoms with Gasteiger partial charge in [-0.1, -0.05) is 12.1 Å². The molecule has 2 unspecified atom stereocenters. The van der Waals surface area contributed by atoms with Gasteiger partial charge in [-0.05, 0) is 56.2 Å². The zero-order valence-corrected chi connectivity index (χ0v) is 16.7. The molecule has 2 saturated heterocycles. The normalized spacial score (nSPS) is 21.9.